The topological polar surface area (TPSA) is 110 Å². The van der Waals surface area contributed by atoms with Crippen LogP contribution in [0.25, 0.3) is 0 Å². The van der Waals surface area contributed by atoms with Crippen LogP contribution in [0.2, 0.25) is 0 Å². The van der Waals surface area contributed by atoms with Crippen molar-refractivity contribution in [2.45, 2.75) is 31.4 Å². The van der Waals surface area contributed by atoms with Gasteiger partial charge in [-0.15, -0.1) is 11.3 Å². The summed E-state index contributed by atoms with van der Waals surface area (Å²) in [7, 11) is -3.66. The minimum Gasteiger partial charge on any atom is -0.458 e. The normalized spacial score (nSPS) is 16.4. The SMILES string of the molecule is Cc1ccc(Nc2nc(COC(=O)[C@H](C)N=C3NS(=O)(=O)c4ccccc43)cs2)cc1. The molecule has 0 saturated heterocycles. The van der Waals surface area contributed by atoms with Crippen molar-refractivity contribution in [2.75, 3.05) is 5.32 Å². The maximum Gasteiger partial charge on any atom is 0.331 e. The van der Waals surface area contributed by atoms with E-state index >= 15 is 0 Å². The number of carbonyl (C=O) groups is 1. The highest BCUT2D eigenvalue weighted by molar-refractivity contribution is 7.90. The van der Waals surface area contributed by atoms with Crippen molar-refractivity contribution < 1.29 is 17.9 Å². The molecular formula is C21H20N4O4S2. The highest BCUT2D eigenvalue weighted by Crippen LogP contribution is 2.23. The van der Waals surface area contributed by atoms with E-state index < -0.39 is 22.0 Å². The first kappa shape index (κ1) is 21.0. The molecule has 1 aromatic heterocycles. The Kier molecular flexibility index (Phi) is 5.75. The number of aliphatic imine (C=N–C) groups is 1. The number of hydrogen-bond donors (Lipinski definition) is 2. The van der Waals surface area contributed by atoms with Crippen LogP contribution in [0.5, 0.6) is 0 Å². The van der Waals surface area contributed by atoms with Crippen LogP contribution in [0, 0.1) is 6.92 Å². The number of benzene rings is 2. The molecule has 0 amide bonds. The third-order valence-electron chi connectivity index (χ3n) is 4.54. The lowest BCUT2D eigenvalue weighted by Gasteiger charge is -2.08. The molecule has 2 heterocycles. The lowest BCUT2D eigenvalue weighted by molar-refractivity contribution is -0.146. The van der Waals surface area contributed by atoms with E-state index in [0.29, 0.717) is 16.4 Å². The fourth-order valence-electron chi connectivity index (χ4n) is 2.93. The number of ether oxygens (including phenoxy) is 1. The van der Waals surface area contributed by atoms with Crippen molar-refractivity contribution in [1.29, 1.82) is 0 Å². The first-order valence-corrected chi connectivity index (χ1v) is 11.8. The zero-order valence-corrected chi connectivity index (χ0v) is 18.5. The number of nitrogens with zero attached hydrogens (tertiary/aromatic N) is 2. The Morgan fingerprint density at radius 1 is 1.23 bits per heavy atom. The van der Waals surface area contributed by atoms with Crippen LogP contribution in [-0.2, 0) is 26.2 Å². The van der Waals surface area contributed by atoms with Crippen LogP contribution < -0.4 is 10.0 Å². The Morgan fingerprint density at radius 2 is 1.97 bits per heavy atom. The highest BCUT2D eigenvalue weighted by atomic mass is 32.2. The number of rotatable bonds is 6. The molecule has 8 nitrogen and oxygen atoms in total. The highest BCUT2D eigenvalue weighted by Gasteiger charge is 2.31. The van der Waals surface area contributed by atoms with E-state index in [1.54, 1.807) is 25.1 Å². The Bertz CT molecular complexity index is 1250. The Balaban J connectivity index is 1.37. The quantitative estimate of drug-likeness (QED) is 0.551. The van der Waals surface area contributed by atoms with E-state index in [1.807, 2.05) is 36.6 Å². The molecule has 4 rings (SSSR count). The summed E-state index contributed by atoms with van der Waals surface area (Å²) < 4.78 is 32.0. The van der Waals surface area contributed by atoms with Crippen molar-refractivity contribution in [3.8, 4) is 0 Å². The van der Waals surface area contributed by atoms with Gasteiger partial charge in [0.05, 0.1) is 10.6 Å². The van der Waals surface area contributed by atoms with Crippen LogP contribution in [0.4, 0.5) is 10.8 Å². The average Bonchev–Trinajstić information content (AvgIpc) is 3.30. The largest absolute Gasteiger partial charge is 0.458 e. The number of hydrogen-bond acceptors (Lipinski definition) is 8. The molecule has 0 unspecified atom stereocenters. The van der Waals surface area contributed by atoms with Gasteiger partial charge in [0.2, 0.25) is 0 Å². The van der Waals surface area contributed by atoms with E-state index in [1.165, 1.54) is 23.0 Å². The van der Waals surface area contributed by atoms with E-state index in [4.69, 9.17) is 4.74 Å². The molecule has 160 valence electrons. The van der Waals surface area contributed by atoms with Gasteiger partial charge in [-0.25, -0.2) is 18.2 Å². The third kappa shape index (κ3) is 4.75. The molecular weight excluding hydrogens is 436 g/mol. The fraction of sp³-hybridized carbons (Fsp3) is 0.190. The number of sulfonamides is 1. The summed E-state index contributed by atoms with van der Waals surface area (Å²) >= 11 is 1.41. The Labute approximate surface area is 184 Å². The minimum atomic E-state index is -3.66. The van der Waals surface area contributed by atoms with Crippen LogP contribution in [-0.4, -0.2) is 31.2 Å². The van der Waals surface area contributed by atoms with Gasteiger partial charge in [0, 0.05) is 16.6 Å². The lowest BCUT2D eigenvalue weighted by atomic mass is 10.2. The number of carbonyl (C=O) groups excluding carboxylic acids is 1. The van der Waals surface area contributed by atoms with E-state index in [-0.39, 0.29) is 17.3 Å². The van der Waals surface area contributed by atoms with Crippen molar-refractivity contribution in [2.24, 2.45) is 4.99 Å². The molecule has 1 aliphatic rings. The number of fused-ring (bicyclic) bond motifs is 1. The van der Waals surface area contributed by atoms with Gasteiger partial charge >= 0.3 is 5.97 Å². The van der Waals surface area contributed by atoms with Crippen LogP contribution in [0.3, 0.4) is 0 Å². The number of amidine groups is 1. The summed E-state index contributed by atoms with van der Waals surface area (Å²) in [6, 6.07) is 13.5. The number of aryl methyl sites for hydroxylation is 1. The molecule has 31 heavy (non-hydrogen) atoms. The molecule has 1 atom stereocenters. The zero-order valence-electron chi connectivity index (χ0n) is 16.8. The fourth-order valence-corrected chi connectivity index (χ4v) is 4.89. The number of aromatic nitrogens is 1. The molecule has 0 saturated carbocycles. The van der Waals surface area contributed by atoms with Crippen LogP contribution in [0.1, 0.15) is 23.7 Å². The van der Waals surface area contributed by atoms with Gasteiger partial charge in [0.1, 0.15) is 18.5 Å². The average molecular weight is 457 g/mol. The van der Waals surface area contributed by atoms with Crippen LogP contribution >= 0.6 is 11.3 Å². The van der Waals surface area contributed by atoms with Gasteiger partial charge in [-0.05, 0) is 38.1 Å². The van der Waals surface area contributed by atoms with E-state index in [0.717, 1.165) is 5.69 Å². The third-order valence-corrected chi connectivity index (χ3v) is 6.75. The molecule has 0 aliphatic carbocycles. The second-order valence-corrected chi connectivity index (χ2v) is 9.51. The molecule has 2 N–H and O–H groups in total. The summed E-state index contributed by atoms with van der Waals surface area (Å²) in [5.41, 5.74) is 3.14. The Hall–Kier alpha value is -3.24. The summed E-state index contributed by atoms with van der Waals surface area (Å²) in [4.78, 5) is 21.1. The number of anilines is 2. The Morgan fingerprint density at radius 3 is 2.74 bits per heavy atom. The molecule has 0 bridgehead atoms. The number of nitrogens with one attached hydrogen (secondary N) is 2. The minimum absolute atomic E-state index is 0.00240. The lowest BCUT2D eigenvalue weighted by Crippen LogP contribution is -2.26. The first-order valence-electron chi connectivity index (χ1n) is 9.46. The molecule has 1 aliphatic heterocycles. The van der Waals surface area contributed by atoms with Gasteiger partial charge in [-0.3, -0.25) is 9.71 Å². The number of thiazole rings is 1. The van der Waals surface area contributed by atoms with Crippen LogP contribution in [0.15, 0.2) is 63.8 Å². The second kappa shape index (κ2) is 8.48. The van der Waals surface area contributed by atoms with Crippen molar-refractivity contribution >= 4 is 44.0 Å². The maximum absolute atomic E-state index is 12.4. The monoisotopic (exact) mass is 456 g/mol. The number of esters is 1. The zero-order chi connectivity index (χ0) is 22.0. The predicted octanol–water partition coefficient (Wildman–Crippen LogP) is 3.37. The van der Waals surface area contributed by atoms with E-state index in [2.05, 4.69) is 20.0 Å². The van der Waals surface area contributed by atoms with Gasteiger partial charge in [-0.1, -0.05) is 29.8 Å². The van der Waals surface area contributed by atoms with Gasteiger partial charge < -0.3 is 10.1 Å². The van der Waals surface area contributed by atoms with Crippen molar-refractivity contribution in [1.82, 2.24) is 9.71 Å². The molecule has 0 fully saturated rings. The smallest absolute Gasteiger partial charge is 0.331 e. The molecule has 0 spiro atoms. The predicted molar refractivity (Wildman–Crippen MR) is 119 cm³/mol. The molecule has 3 aromatic rings. The van der Waals surface area contributed by atoms with Crippen molar-refractivity contribution in [3.05, 3.63) is 70.7 Å². The summed E-state index contributed by atoms with van der Waals surface area (Å²) in [5.74, 6) is -0.435. The maximum atomic E-state index is 12.4. The van der Waals surface area contributed by atoms with Gasteiger partial charge in [0.15, 0.2) is 5.13 Å². The summed E-state index contributed by atoms with van der Waals surface area (Å²) in [5, 5.41) is 5.71. The summed E-state index contributed by atoms with van der Waals surface area (Å²) in [6.07, 6.45) is 0. The van der Waals surface area contributed by atoms with Gasteiger partial charge in [0.25, 0.3) is 10.0 Å². The molecule has 2 aromatic carbocycles. The first-order chi connectivity index (χ1) is 14.8. The standard InChI is InChI=1S/C21H20N4O4S2/c1-13-7-9-15(10-8-13)23-21-24-16(12-30-21)11-29-20(26)14(2)22-19-17-5-3-4-6-18(17)31(27,28)25-19/h3-10,12,14H,11H2,1-2H3,(H,22,25)(H,23,24)/t14-/m0/s1. The second-order valence-electron chi connectivity index (χ2n) is 7.00. The summed E-state index contributed by atoms with van der Waals surface area (Å²) in [6.45, 7) is 3.57. The molecule has 10 heteroatoms. The molecule has 0 radical (unpaired) electrons. The van der Waals surface area contributed by atoms with Crippen molar-refractivity contribution in [3.63, 3.8) is 0 Å². The van der Waals surface area contributed by atoms with Gasteiger partial charge in [-0.2, -0.15) is 0 Å². The van der Waals surface area contributed by atoms with E-state index in [9.17, 15) is 13.2 Å².